The number of aliphatic hydroxyl groups is 1. The van der Waals surface area contributed by atoms with Gasteiger partial charge in [-0.05, 0) is 42.4 Å². The third kappa shape index (κ3) is 1.89. The van der Waals surface area contributed by atoms with Crippen LogP contribution in [0.5, 0.6) is 0 Å². The Morgan fingerprint density at radius 2 is 2.06 bits per heavy atom. The number of hydrogen-bond acceptors (Lipinski definition) is 1. The van der Waals surface area contributed by atoms with Crippen molar-refractivity contribution in [2.75, 3.05) is 0 Å². The number of hydrogen-bond donors (Lipinski definition) is 1. The molecule has 0 aliphatic heterocycles. The summed E-state index contributed by atoms with van der Waals surface area (Å²) >= 11 is 0. The smallest absolute Gasteiger partial charge is 0.126 e. The van der Waals surface area contributed by atoms with Crippen molar-refractivity contribution >= 4 is 0 Å². The zero-order chi connectivity index (χ0) is 11.9. The Bertz CT molecular complexity index is 423. The minimum absolute atomic E-state index is 0.148. The molecule has 0 radical (unpaired) electrons. The van der Waals surface area contributed by atoms with E-state index in [1.54, 1.807) is 6.07 Å². The normalized spacial score (nSPS) is 28.6. The maximum atomic E-state index is 13.6. The van der Waals surface area contributed by atoms with Crippen molar-refractivity contribution in [1.82, 2.24) is 0 Å². The monoisotopic (exact) mass is 234 g/mol. The Balaban J connectivity index is 1.88. The summed E-state index contributed by atoms with van der Waals surface area (Å²) in [5.41, 5.74) is 0.837. The van der Waals surface area contributed by atoms with Crippen LogP contribution >= 0.6 is 0 Å². The topological polar surface area (TPSA) is 20.2 Å². The third-order valence-electron chi connectivity index (χ3n) is 4.51. The summed E-state index contributed by atoms with van der Waals surface area (Å²) in [4.78, 5) is 0. The molecule has 0 aromatic heterocycles. The van der Waals surface area contributed by atoms with Crippen molar-refractivity contribution < 1.29 is 9.50 Å². The fraction of sp³-hybridized carbons (Fsp3) is 0.600. The molecule has 1 unspecified atom stereocenters. The van der Waals surface area contributed by atoms with E-state index in [0.29, 0.717) is 18.8 Å². The molecule has 1 aromatic carbocycles. The highest BCUT2D eigenvalue weighted by atomic mass is 19.1. The molecule has 3 rings (SSSR count). The Labute approximate surface area is 102 Å². The van der Waals surface area contributed by atoms with Gasteiger partial charge < -0.3 is 5.11 Å². The third-order valence-corrected chi connectivity index (χ3v) is 4.51. The molecule has 1 atom stereocenters. The fourth-order valence-electron chi connectivity index (χ4n) is 3.62. The summed E-state index contributed by atoms with van der Waals surface area (Å²) in [5, 5.41) is 10.8. The summed E-state index contributed by atoms with van der Waals surface area (Å²) in [6.45, 7) is 0. The molecular formula is C15H19FO. The van der Waals surface area contributed by atoms with Crippen LogP contribution < -0.4 is 0 Å². The lowest BCUT2D eigenvalue weighted by molar-refractivity contribution is 0.0134. The number of halogens is 1. The maximum absolute atomic E-state index is 13.6. The second kappa shape index (κ2) is 4.09. The van der Waals surface area contributed by atoms with Gasteiger partial charge in [-0.25, -0.2) is 4.39 Å². The van der Waals surface area contributed by atoms with Gasteiger partial charge in [0.2, 0.25) is 0 Å². The molecule has 0 saturated heterocycles. The van der Waals surface area contributed by atoms with Crippen LogP contribution in [0.15, 0.2) is 18.2 Å². The lowest BCUT2D eigenvalue weighted by Gasteiger charge is -2.27. The molecule has 0 amide bonds. The number of benzene rings is 1. The van der Waals surface area contributed by atoms with Crippen LogP contribution in [-0.4, -0.2) is 5.11 Å². The SMILES string of the molecule is OC1(CC2CCCC2)CCc2c(F)cccc21. The molecule has 0 heterocycles. The van der Waals surface area contributed by atoms with Gasteiger partial charge in [0.1, 0.15) is 5.82 Å². The van der Waals surface area contributed by atoms with E-state index in [2.05, 4.69) is 0 Å². The molecule has 1 aromatic rings. The maximum Gasteiger partial charge on any atom is 0.126 e. The molecule has 2 aliphatic carbocycles. The van der Waals surface area contributed by atoms with E-state index < -0.39 is 5.60 Å². The first-order chi connectivity index (χ1) is 8.19. The van der Waals surface area contributed by atoms with Gasteiger partial charge in [-0.3, -0.25) is 0 Å². The number of rotatable bonds is 2. The molecule has 1 fully saturated rings. The summed E-state index contributed by atoms with van der Waals surface area (Å²) in [7, 11) is 0. The largest absolute Gasteiger partial charge is 0.385 e. The fourth-order valence-corrected chi connectivity index (χ4v) is 3.62. The van der Waals surface area contributed by atoms with Crippen LogP contribution in [-0.2, 0) is 12.0 Å². The zero-order valence-corrected chi connectivity index (χ0v) is 10.1. The Hall–Kier alpha value is -0.890. The standard InChI is InChI=1S/C15H19FO/c16-14-7-3-6-13-12(14)8-9-15(13,17)10-11-4-1-2-5-11/h3,6-7,11,17H,1-2,4-5,8-10H2. The van der Waals surface area contributed by atoms with Crippen LogP contribution in [0.2, 0.25) is 0 Å². The molecular weight excluding hydrogens is 215 g/mol. The van der Waals surface area contributed by atoms with E-state index in [-0.39, 0.29) is 5.82 Å². The molecule has 1 N–H and O–H groups in total. The van der Waals surface area contributed by atoms with Crippen molar-refractivity contribution in [2.24, 2.45) is 5.92 Å². The summed E-state index contributed by atoms with van der Waals surface area (Å²) in [6, 6.07) is 5.12. The average Bonchev–Trinajstić information content (AvgIpc) is 2.90. The minimum Gasteiger partial charge on any atom is -0.385 e. The van der Waals surface area contributed by atoms with Crippen molar-refractivity contribution in [3.05, 3.63) is 35.1 Å². The van der Waals surface area contributed by atoms with Gasteiger partial charge in [0.25, 0.3) is 0 Å². The summed E-state index contributed by atoms with van der Waals surface area (Å²) < 4.78 is 13.6. The second-order valence-corrected chi connectivity index (χ2v) is 5.65. The predicted octanol–water partition coefficient (Wildman–Crippen LogP) is 3.54. The highest BCUT2D eigenvalue weighted by molar-refractivity contribution is 5.38. The van der Waals surface area contributed by atoms with Crippen LogP contribution in [0.25, 0.3) is 0 Å². The molecule has 2 heteroatoms. The van der Waals surface area contributed by atoms with E-state index >= 15 is 0 Å². The van der Waals surface area contributed by atoms with Crippen LogP contribution in [0.3, 0.4) is 0 Å². The van der Waals surface area contributed by atoms with Crippen LogP contribution in [0.4, 0.5) is 4.39 Å². The van der Waals surface area contributed by atoms with Gasteiger partial charge in [0, 0.05) is 0 Å². The highest BCUT2D eigenvalue weighted by Gasteiger charge is 2.39. The lowest BCUT2D eigenvalue weighted by Crippen LogP contribution is -2.25. The Morgan fingerprint density at radius 1 is 1.29 bits per heavy atom. The van der Waals surface area contributed by atoms with Gasteiger partial charge in [-0.2, -0.15) is 0 Å². The van der Waals surface area contributed by atoms with Gasteiger partial charge >= 0.3 is 0 Å². The molecule has 0 bridgehead atoms. The molecule has 17 heavy (non-hydrogen) atoms. The highest BCUT2D eigenvalue weighted by Crippen LogP contribution is 2.44. The minimum atomic E-state index is -0.757. The van der Waals surface area contributed by atoms with E-state index in [0.717, 1.165) is 17.5 Å². The van der Waals surface area contributed by atoms with Crippen molar-refractivity contribution in [3.63, 3.8) is 0 Å². The van der Waals surface area contributed by atoms with E-state index in [9.17, 15) is 9.50 Å². The van der Waals surface area contributed by atoms with E-state index in [1.165, 1.54) is 31.7 Å². The second-order valence-electron chi connectivity index (χ2n) is 5.65. The number of fused-ring (bicyclic) bond motifs is 1. The van der Waals surface area contributed by atoms with Crippen molar-refractivity contribution in [3.8, 4) is 0 Å². The van der Waals surface area contributed by atoms with E-state index in [1.807, 2.05) is 6.07 Å². The molecule has 1 nitrogen and oxygen atoms in total. The van der Waals surface area contributed by atoms with Crippen molar-refractivity contribution in [2.45, 2.75) is 50.5 Å². The van der Waals surface area contributed by atoms with Crippen LogP contribution in [0.1, 0.15) is 49.7 Å². The molecule has 1 saturated carbocycles. The average molecular weight is 234 g/mol. The first kappa shape index (κ1) is 11.2. The molecule has 2 aliphatic rings. The van der Waals surface area contributed by atoms with Gasteiger partial charge in [-0.15, -0.1) is 0 Å². The Morgan fingerprint density at radius 3 is 2.82 bits per heavy atom. The van der Waals surface area contributed by atoms with Gasteiger partial charge in [0.05, 0.1) is 5.60 Å². The van der Waals surface area contributed by atoms with E-state index in [4.69, 9.17) is 0 Å². The van der Waals surface area contributed by atoms with Crippen LogP contribution in [0, 0.1) is 11.7 Å². The Kier molecular flexibility index (Phi) is 2.70. The molecule has 92 valence electrons. The molecule has 0 spiro atoms. The summed E-state index contributed by atoms with van der Waals surface area (Å²) in [6.07, 6.45) is 7.24. The summed E-state index contributed by atoms with van der Waals surface area (Å²) in [5.74, 6) is 0.485. The quantitative estimate of drug-likeness (QED) is 0.829. The zero-order valence-electron chi connectivity index (χ0n) is 10.1. The van der Waals surface area contributed by atoms with Crippen molar-refractivity contribution in [1.29, 1.82) is 0 Å². The first-order valence-electron chi connectivity index (χ1n) is 6.69. The van der Waals surface area contributed by atoms with Gasteiger partial charge in [-0.1, -0.05) is 37.8 Å². The van der Waals surface area contributed by atoms with Gasteiger partial charge in [0.15, 0.2) is 0 Å². The predicted molar refractivity (Wildman–Crippen MR) is 65.2 cm³/mol. The first-order valence-corrected chi connectivity index (χ1v) is 6.69. The lowest BCUT2D eigenvalue weighted by atomic mass is 9.85.